The molecule has 1 aromatic carbocycles. The van der Waals surface area contributed by atoms with Gasteiger partial charge in [0.1, 0.15) is 0 Å². The van der Waals surface area contributed by atoms with Gasteiger partial charge in [-0.3, -0.25) is 4.79 Å². The lowest BCUT2D eigenvalue weighted by molar-refractivity contribution is 0.0941. The number of carbonyl (C=O) groups is 1. The molecule has 82 valence electrons. The number of nitrogens with zero attached hydrogens (tertiary/aromatic N) is 1. The minimum absolute atomic E-state index is 0.222. The third kappa shape index (κ3) is 2.61. The van der Waals surface area contributed by atoms with Crippen LogP contribution >= 0.6 is 11.6 Å². The van der Waals surface area contributed by atoms with Crippen LogP contribution in [0.4, 0.5) is 0 Å². The molecule has 2 N–H and O–H groups in total. The molecule has 0 radical (unpaired) electrons. The molecular formula is C11H10ClN3O. The Hall–Kier alpha value is -1.81. The van der Waals surface area contributed by atoms with Crippen LogP contribution in [0.2, 0.25) is 5.02 Å². The van der Waals surface area contributed by atoms with E-state index >= 15 is 0 Å². The second kappa shape index (κ2) is 4.81. The number of carbonyl (C=O) groups excluding carboxylic acids is 1. The minimum atomic E-state index is -0.222. The molecule has 0 aliphatic carbocycles. The zero-order valence-corrected chi connectivity index (χ0v) is 9.16. The average Bonchev–Trinajstić information content (AvgIpc) is 2.81. The molecule has 5 heteroatoms. The first-order valence-corrected chi connectivity index (χ1v) is 5.15. The number of benzene rings is 1. The lowest BCUT2D eigenvalue weighted by atomic mass is 10.2. The Morgan fingerprint density at radius 1 is 1.38 bits per heavy atom. The lowest BCUT2D eigenvalue weighted by Gasteiger charge is -2.03. The van der Waals surface area contributed by atoms with Crippen molar-refractivity contribution in [2.75, 3.05) is 0 Å². The van der Waals surface area contributed by atoms with Gasteiger partial charge >= 0.3 is 0 Å². The Morgan fingerprint density at radius 3 is 2.75 bits per heavy atom. The number of H-pyrrole nitrogens is 1. The van der Waals surface area contributed by atoms with Crippen molar-refractivity contribution in [3.63, 3.8) is 0 Å². The molecule has 16 heavy (non-hydrogen) atoms. The van der Waals surface area contributed by atoms with E-state index < -0.39 is 0 Å². The normalized spacial score (nSPS) is 10.1. The number of rotatable bonds is 3. The largest absolute Gasteiger partial charge is 0.345 e. The molecule has 1 amide bonds. The van der Waals surface area contributed by atoms with Crippen LogP contribution in [0.5, 0.6) is 0 Å². The molecule has 0 bridgehead atoms. The van der Waals surface area contributed by atoms with Crippen molar-refractivity contribution in [1.29, 1.82) is 0 Å². The summed E-state index contributed by atoms with van der Waals surface area (Å²) in [6, 6.07) is 7.31. The van der Waals surface area contributed by atoms with Crippen molar-refractivity contribution in [3.8, 4) is 0 Å². The SMILES string of the molecule is O=C(NCc1ccc(Cl)cc1)c1ncc[nH]1. The number of halogens is 1. The van der Waals surface area contributed by atoms with Gasteiger partial charge in [0.25, 0.3) is 5.91 Å². The molecule has 0 unspecified atom stereocenters. The molecule has 2 rings (SSSR count). The maximum Gasteiger partial charge on any atom is 0.287 e. The first-order chi connectivity index (χ1) is 7.75. The van der Waals surface area contributed by atoms with Crippen LogP contribution in [-0.4, -0.2) is 15.9 Å². The van der Waals surface area contributed by atoms with Crippen LogP contribution in [0.25, 0.3) is 0 Å². The summed E-state index contributed by atoms with van der Waals surface area (Å²) < 4.78 is 0. The van der Waals surface area contributed by atoms with Gasteiger partial charge in [0.15, 0.2) is 5.82 Å². The summed E-state index contributed by atoms with van der Waals surface area (Å²) in [6.45, 7) is 0.455. The van der Waals surface area contributed by atoms with Crippen LogP contribution in [0.15, 0.2) is 36.7 Å². The van der Waals surface area contributed by atoms with Crippen molar-refractivity contribution in [2.24, 2.45) is 0 Å². The molecule has 0 aliphatic heterocycles. The van der Waals surface area contributed by atoms with Crippen molar-refractivity contribution in [1.82, 2.24) is 15.3 Å². The second-order valence-corrected chi connectivity index (χ2v) is 3.68. The van der Waals surface area contributed by atoms with E-state index in [1.807, 2.05) is 12.1 Å². The highest BCUT2D eigenvalue weighted by Crippen LogP contribution is 2.09. The summed E-state index contributed by atoms with van der Waals surface area (Å²) in [5, 5.41) is 3.43. The smallest absolute Gasteiger partial charge is 0.287 e. The molecule has 1 heterocycles. The van der Waals surface area contributed by atoms with Crippen LogP contribution < -0.4 is 5.32 Å². The van der Waals surface area contributed by atoms with Crippen LogP contribution in [0.1, 0.15) is 16.2 Å². The third-order valence-corrected chi connectivity index (χ3v) is 2.33. The number of imidazole rings is 1. The summed E-state index contributed by atoms with van der Waals surface area (Å²) in [5.41, 5.74) is 0.990. The highest BCUT2D eigenvalue weighted by atomic mass is 35.5. The lowest BCUT2D eigenvalue weighted by Crippen LogP contribution is -2.23. The highest BCUT2D eigenvalue weighted by Gasteiger charge is 2.06. The molecular weight excluding hydrogens is 226 g/mol. The monoisotopic (exact) mass is 235 g/mol. The number of hydrogen-bond acceptors (Lipinski definition) is 2. The molecule has 0 spiro atoms. The van der Waals surface area contributed by atoms with Crippen molar-refractivity contribution in [3.05, 3.63) is 53.1 Å². The topological polar surface area (TPSA) is 57.8 Å². The number of nitrogens with one attached hydrogen (secondary N) is 2. The maximum atomic E-state index is 11.5. The van der Waals surface area contributed by atoms with Crippen molar-refractivity contribution < 1.29 is 4.79 Å². The highest BCUT2D eigenvalue weighted by molar-refractivity contribution is 6.30. The first kappa shape index (κ1) is 10.7. The molecule has 0 saturated carbocycles. The Morgan fingerprint density at radius 2 is 2.12 bits per heavy atom. The van der Waals surface area contributed by atoms with Crippen LogP contribution in [-0.2, 0) is 6.54 Å². The maximum absolute atomic E-state index is 11.5. The van der Waals surface area contributed by atoms with E-state index in [4.69, 9.17) is 11.6 Å². The first-order valence-electron chi connectivity index (χ1n) is 4.78. The van der Waals surface area contributed by atoms with Gasteiger partial charge in [-0.15, -0.1) is 0 Å². The molecule has 0 fully saturated rings. The van der Waals surface area contributed by atoms with E-state index in [2.05, 4.69) is 15.3 Å². The zero-order valence-electron chi connectivity index (χ0n) is 8.40. The third-order valence-electron chi connectivity index (χ3n) is 2.08. The van der Waals surface area contributed by atoms with Crippen LogP contribution in [0.3, 0.4) is 0 Å². The fourth-order valence-corrected chi connectivity index (χ4v) is 1.38. The fourth-order valence-electron chi connectivity index (χ4n) is 1.26. The number of aromatic nitrogens is 2. The summed E-state index contributed by atoms with van der Waals surface area (Å²) in [4.78, 5) is 18.1. The molecule has 0 aliphatic rings. The van der Waals surface area contributed by atoms with Gasteiger partial charge < -0.3 is 10.3 Å². The van der Waals surface area contributed by atoms with Crippen molar-refractivity contribution >= 4 is 17.5 Å². The van der Waals surface area contributed by atoms with E-state index in [1.54, 1.807) is 18.3 Å². The van der Waals surface area contributed by atoms with Gasteiger partial charge in [0.05, 0.1) is 0 Å². The fraction of sp³-hybridized carbons (Fsp3) is 0.0909. The van der Waals surface area contributed by atoms with E-state index in [0.29, 0.717) is 17.4 Å². The molecule has 1 aromatic heterocycles. The summed E-state index contributed by atoms with van der Waals surface area (Å²) >= 11 is 5.75. The van der Waals surface area contributed by atoms with Crippen LogP contribution in [0, 0.1) is 0 Å². The molecule has 0 atom stereocenters. The van der Waals surface area contributed by atoms with E-state index in [0.717, 1.165) is 5.56 Å². The summed E-state index contributed by atoms with van der Waals surface area (Å²) in [6.07, 6.45) is 3.15. The van der Waals surface area contributed by atoms with Gasteiger partial charge in [-0.1, -0.05) is 23.7 Å². The Bertz CT molecular complexity index is 464. The summed E-state index contributed by atoms with van der Waals surface area (Å²) in [5.74, 6) is 0.0916. The predicted molar refractivity (Wildman–Crippen MR) is 61.2 cm³/mol. The van der Waals surface area contributed by atoms with Gasteiger partial charge in [-0.05, 0) is 17.7 Å². The Kier molecular flexibility index (Phi) is 3.22. The molecule has 0 saturated heterocycles. The van der Waals surface area contributed by atoms with E-state index in [9.17, 15) is 4.79 Å². The zero-order chi connectivity index (χ0) is 11.4. The van der Waals surface area contributed by atoms with Gasteiger partial charge in [-0.25, -0.2) is 4.98 Å². The van der Waals surface area contributed by atoms with E-state index in [-0.39, 0.29) is 5.91 Å². The van der Waals surface area contributed by atoms with Gasteiger partial charge in [0, 0.05) is 24.0 Å². The number of hydrogen-bond donors (Lipinski definition) is 2. The Labute approximate surface area is 97.7 Å². The number of amides is 1. The quantitative estimate of drug-likeness (QED) is 0.855. The van der Waals surface area contributed by atoms with Crippen molar-refractivity contribution in [2.45, 2.75) is 6.54 Å². The predicted octanol–water partition coefficient (Wildman–Crippen LogP) is 1.99. The number of aromatic amines is 1. The Balaban J connectivity index is 1.93. The average molecular weight is 236 g/mol. The van der Waals surface area contributed by atoms with Gasteiger partial charge in [0.2, 0.25) is 0 Å². The van der Waals surface area contributed by atoms with E-state index in [1.165, 1.54) is 6.20 Å². The summed E-state index contributed by atoms with van der Waals surface area (Å²) in [7, 11) is 0. The molecule has 2 aromatic rings. The van der Waals surface area contributed by atoms with Gasteiger partial charge in [-0.2, -0.15) is 0 Å². The second-order valence-electron chi connectivity index (χ2n) is 3.25. The molecule has 4 nitrogen and oxygen atoms in total. The minimum Gasteiger partial charge on any atom is -0.345 e. The standard InChI is InChI=1S/C11H10ClN3O/c12-9-3-1-8(2-4-9)7-15-11(16)10-13-5-6-14-10/h1-6H,7H2,(H,13,14)(H,15,16).